The third kappa shape index (κ3) is 58.7. The largest absolute Gasteiger partial charge is 0.477 e. The van der Waals surface area contributed by atoms with Gasteiger partial charge in [0.25, 0.3) is 6.29 Å². The molecule has 77 heavy (non-hydrogen) atoms. The molecule has 0 amide bonds. The van der Waals surface area contributed by atoms with Crippen LogP contribution in [0.2, 0.25) is 0 Å². The third-order valence-electron chi connectivity index (χ3n) is 12.1. The van der Waals surface area contributed by atoms with Gasteiger partial charge in [-0.2, -0.15) is 0 Å². The Kier molecular flexibility index (Phi) is 53.8. The lowest BCUT2D eigenvalue weighted by Crippen LogP contribution is -2.40. The van der Waals surface area contributed by atoms with E-state index < -0.39 is 24.3 Å². The molecule has 2 unspecified atom stereocenters. The lowest BCUT2D eigenvalue weighted by atomic mass is 10.1. The van der Waals surface area contributed by atoms with Crippen LogP contribution in [0.1, 0.15) is 206 Å². The van der Waals surface area contributed by atoms with E-state index in [1.54, 1.807) is 0 Å². The van der Waals surface area contributed by atoms with E-state index in [-0.39, 0.29) is 38.6 Å². The van der Waals surface area contributed by atoms with Crippen LogP contribution in [-0.4, -0.2) is 87.4 Å². The van der Waals surface area contributed by atoms with Crippen LogP contribution in [0.25, 0.3) is 0 Å². The van der Waals surface area contributed by atoms with Crippen molar-refractivity contribution in [3.05, 3.63) is 146 Å². The smallest absolute Gasteiger partial charge is 0.361 e. The third-order valence-corrected chi connectivity index (χ3v) is 12.1. The summed E-state index contributed by atoms with van der Waals surface area (Å²) in [6.07, 6.45) is 80.6. The van der Waals surface area contributed by atoms with Gasteiger partial charge in [-0.05, 0) is 122 Å². The van der Waals surface area contributed by atoms with Crippen LogP contribution in [-0.2, 0) is 33.3 Å². The second-order valence-electron chi connectivity index (χ2n) is 20.6. The molecule has 0 saturated heterocycles. The molecule has 0 aliphatic carbocycles. The minimum Gasteiger partial charge on any atom is -0.477 e. The highest BCUT2D eigenvalue weighted by molar-refractivity contribution is 5.71. The number of hydrogen-bond acceptors (Lipinski definition) is 7. The Balaban J connectivity index is 4.34. The van der Waals surface area contributed by atoms with Crippen LogP contribution in [0.15, 0.2) is 146 Å². The summed E-state index contributed by atoms with van der Waals surface area (Å²) in [4.78, 5) is 37.4. The summed E-state index contributed by atoms with van der Waals surface area (Å²) in [7, 11) is 5.94. The first-order valence-electron chi connectivity index (χ1n) is 30.0. The van der Waals surface area contributed by atoms with E-state index in [2.05, 4.69) is 160 Å². The molecule has 9 nitrogen and oxygen atoms in total. The number of carbonyl (C=O) groups excluding carboxylic acids is 2. The number of rotatable bonds is 53. The van der Waals surface area contributed by atoms with Gasteiger partial charge in [0.05, 0.1) is 34.4 Å². The molecule has 0 radical (unpaired) electrons. The number of aliphatic carboxylic acids is 1. The number of hydrogen-bond donors (Lipinski definition) is 1. The number of carboxylic acids is 1. The van der Waals surface area contributed by atoms with Gasteiger partial charge in [0.1, 0.15) is 13.2 Å². The summed E-state index contributed by atoms with van der Waals surface area (Å²) < 4.78 is 22.8. The molecule has 0 aliphatic heterocycles. The average molecular weight is 1070 g/mol. The second-order valence-corrected chi connectivity index (χ2v) is 20.6. The van der Waals surface area contributed by atoms with Crippen molar-refractivity contribution in [1.82, 2.24) is 0 Å². The first-order valence-corrected chi connectivity index (χ1v) is 30.0. The molecule has 0 heterocycles. The fourth-order valence-electron chi connectivity index (χ4n) is 7.48. The zero-order chi connectivity index (χ0) is 56.2. The van der Waals surface area contributed by atoms with Gasteiger partial charge in [-0.25, -0.2) is 4.79 Å². The van der Waals surface area contributed by atoms with Gasteiger partial charge < -0.3 is 28.5 Å². The highest BCUT2D eigenvalue weighted by Gasteiger charge is 2.25. The Morgan fingerprint density at radius 2 is 0.740 bits per heavy atom. The predicted octanol–water partition coefficient (Wildman–Crippen LogP) is 18.0. The number of carboxylic acid groups (broad SMARTS) is 1. The van der Waals surface area contributed by atoms with E-state index in [0.29, 0.717) is 17.4 Å². The topological polar surface area (TPSA) is 108 Å². The maximum Gasteiger partial charge on any atom is 0.361 e. The predicted molar refractivity (Wildman–Crippen MR) is 327 cm³/mol. The van der Waals surface area contributed by atoms with Crippen LogP contribution < -0.4 is 0 Å². The van der Waals surface area contributed by atoms with Crippen LogP contribution in [0.5, 0.6) is 0 Å². The zero-order valence-electron chi connectivity index (χ0n) is 49.3. The minimum absolute atomic E-state index is 0.173. The van der Waals surface area contributed by atoms with Crippen LogP contribution in [0.3, 0.4) is 0 Å². The number of allylic oxidation sites excluding steroid dienone is 24. The summed E-state index contributed by atoms with van der Waals surface area (Å²) in [5.74, 6) is -2.07. The van der Waals surface area contributed by atoms with Crippen molar-refractivity contribution in [3.8, 4) is 0 Å². The first kappa shape index (κ1) is 72.2. The van der Waals surface area contributed by atoms with Crippen molar-refractivity contribution in [2.24, 2.45) is 0 Å². The molecule has 0 aromatic carbocycles. The second kappa shape index (κ2) is 57.3. The van der Waals surface area contributed by atoms with E-state index in [4.69, 9.17) is 18.9 Å². The van der Waals surface area contributed by atoms with Gasteiger partial charge in [-0.3, -0.25) is 9.59 Å². The lowest BCUT2D eigenvalue weighted by molar-refractivity contribution is -0.870. The van der Waals surface area contributed by atoms with E-state index in [1.807, 2.05) is 21.1 Å². The standard InChI is InChI=1S/C68H109NO8/c1-6-8-10-12-14-16-18-20-22-24-26-27-28-29-30-31-32-33-34-35-36-37-38-39-41-43-45-47-49-51-53-55-57-59-66(71)77-64(63-76-68(67(72)73)74-61-60-69(3,4)5)62-75-65(70)58-56-54-52-50-48-46-44-42-40-25-23-21-19-17-15-13-11-9-7-2/h8,10,14-17,20-23,26-27,29-30,32-33,35-36,38-40,42-43,45,64,68H,6-7,9,11-13,18-19,24-25,28,31,34,37,41,44,46-63H2,1-5H3/p+1/b10-8-,16-14-,17-15-,22-20-,23-21-,27-26-,30-29-,33-32-,36-35-,39-38-,42-40-,45-43-. The SMILES string of the molecule is CC/C=C\C/C=C\C/C=C\C/C=C\C/C=C\C/C=C\C/C=C\C/C=C\C/C=C\CCCCCCCC(=O)OC(COC(=O)CCCCCCCC/C=C\C/C=C\C/C=C\CCCCC)COC(OCC[N+](C)(C)C)C(=O)O. The van der Waals surface area contributed by atoms with Gasteiger partial charge in [0, 0.05) is 12.8 Å². The van der Waals surface area contributed by atoms with Crippen molar-refractivity contribution in [3.63, 3.8) is 0 Å². The number of carbonyl (C=O) groups is 3. The molecule has 1 N–H and O–H groups in total. The van der Waals surface area contributed by atoms with Gasteiger partial charge in [-0.15, -0.1) is 0 Å². The van der Waals surface area contributed by atoms with Crippen LogP contribution in [0, 0.1) is 0 Å². The molecule has 0 aromatic rings. The zero-order valence-corrected chi connectivity index (χ0v) is 49.3. The number of unbranched alkanes of at least 4 members (excludes halogenated alkanes) is 14. The number of likely N-dealkylation sites (N-methyl/N-ethyl adjacent to an activating group) is 1. The Labute approximate surface area is 471 Å². The molecule has 0 bridgehead atoms. The Morgan fingerprint density at radius 1 is 0.403 bits per heavy atom. The molecule has 0 spiro atoms. The van der Waals surface area contributed by atoms with E-state index >= 15 is 0 Å². The summed E-state index contributed by atoms with van der Waals surface area (Å²) >= 11 is 0. The van der Waals surface area contributed by atoms with Gasteiger partial charge >= 0.3 is 17.9 Å². The molecule has 0 rings (SSSR count). The molecule has 9 heteroatoms. The molecule has 0 fully saturated rings. The number of nitrogens with zero attached hydrogens (tertiary/aromatic N) is 1. The van der Waals surface area contributed by atoms with E-state index in [1.165, 1.54) is 38.5 Å². The maximum atomic E-state index is 12.9. The number of ether oxygens (including phenoxy) is 4. The van der Waals surface area contributed by atoms with Gasteiger partial charge in [0.15, 0.2) is 6.10 Å². The molecule has 2 atom stereocenters. The fraction of sp³-hybridized carbons (Fsp3) is 0.603. The van der Waals surface area contributed by atoms with Crippen molar-refractivity contribution < 1.29 is 42.9 Å². The molecule has 0 aliphatic rings. The normalized spacial score (nSPS) is 13.8. The maximum absolute atomic E-state index is 12.9. The van der Waals surface area contributed by atoms with Gasteiger partial charge in [-0.1, -0.05) is 217 Å². The molecule has 434 valence electrons. The molecule has 0 aromatic heterocycles. The van der Waals surface area contributed by atoms with Crippen molar-refractivity contribution in [1.29, 1.82) is 0 Å². The fourth-order valence-corrected chi connectivity index (χ4v) is 7.48. The molecular formula is C68H110NO8+. The first-order chi connectivity index (χ1) is 37.6. The molecule has 0 saturated carbocycles. The highest BCUT2D eigenvalue weighted by Crippen LogP contribution is 2.13. The lowest BCUT2D eigenvalue weighted by Gasteiger charge is -2.25. The van der Waals surface area contributed by atoms with Crippen LogP contribution >= 0.6 is 0 Å². The summed E-state index contributed by atoms with van der Waals surface area (Å²) in [6.45, 7) is 4.67. The Morgan fingerprint density at radius 3 is 1.10 bits per heavy atom. The number of esters is 2. The minimum atomic E-state index is -1.53. The van der Waals surface area contributed by atoms with E-state index in [9.17, 15) is 19.5 Å². The van der Waals surface area contributed by atoms with Crippen molar-refractivity contribution in [2.45, 2.75) is 219 Å². The Hall–Kier alpha value is -4.83. The summed E-state index contributed by atoms with van der Waals surface area (Å²) in [6, 6.07) is 0. The van der Waals surface area contributed by atoms with E-state index in [0.717, 1.165) is 135 Å². The van der Waals surface area contributed by atoms with Gasteiger partial charge in [0.2, 0.25) is 0 Å². The van der Waals surface area contributed by atoms with Crippen molar-refractivity contribution >= 4 is 17.9 Å². The summed E-state index contributed by atoms with van der Waals surface area (Å²) in [5.41, 5.74) is 0. The molecular weight excluding hydrogens is 959 g/mol. The Bertz CT molecular complexity index is 1770. The van der Waals surface area contributed by atoms with Crippen LogP contribution in [0.4, 0.5) is 0 Å². The monoisotopic (exact) mass is 1070 g/mol. The average Bonchev–Trinajstić information content (AvgIpc) is 3.40. The highest BCUT2D eigenvalue weighted by atomic mass is 16.7. The summed E-state index contributed by atoms with van der Waals surface area (Å²) in [5, 5.41) is 9.71. The number of quaternary nitrogens is 1. The quantitative estimate of drug-likeness (QED) is 0.0211. The van der Waals surface area contributed by atoms with Crippen molar-refractivity contribution in [2.75, 3.05) is 47.5 Å².